The monoisotopic (exact) mass is 876 g/mol. The Morgan fingerprint density at radius 1 is 0.859 bits per heavy atom. The fourth-order valence-corrected chi connectivity index (χ4v) is 10.2. The summed E-state index contributed by atoms with van der Waals surface area (Å²) < 4.78 is 4.25. The van der Waals surface area contributed by atoms with Crippen LogP contribution in [0.15, 0.2) is 48.5 Å². The maximum atomic E-state index is 13.6. The highest BCUT2D eigenvalue weighted by Crippen LogP contribution is 2.52. The molecule has 4 aliphatic rings. The summed E-state index contributed by atoms with van der Waals surface area (Å²) in [6.45, 7) is 9.19. The third-order valence-electron chi connectivity index (χ3n) is 12.8. The highest BCUT2D eigenvalue weighted by atomic mass is 16.4. The molecule has 2 aromatic heterocycles. The van der Waals surface area contributed by atoms with Crippen molar-refractivity contribution < 1.29 is 33.8 Å². The zero-order valence-electron chi connectivity index (χ0n) is 38.1. The number of aromatic amines is 2. The van der Waals surface area contributed by atoms with Gasteiger partial charge in [0.2, 0.25) is 18.2 Å². The van der Waals surface area contributed by atoms with Crippen LogP contribution in [0.25, 0.3) is 44.3 Å². The molecule has 5 aromatic rings. The lowest BCUT2D eigenvalue weighted by Crippen LogP contribution is -2.48. The number of fused-ring (bicyclic) bond motifs is 5. The summed E-state index contributed by atoms with van der Waals surface area (Å²) in [5.74, 6) is 2.53. The van der Waals surface area contributed by atoms with Gasteiger partial charge in [0.25, 0.3) is 6.47 Å². The van der Waals surface area contributed by atoms with Crippen LogP contribution in [-0.4, -0.2) is 106 Å². The molecular formula is C49H64N8O7. The van der Waals surface area contributed by atoms with Gasteiger partial charge in [-0.25, -0.2) is 9.97 Å². The van der Waals surface area contributed by atoms with Gasteiger partial charge < -0.3 is 40.7 Å². The lowest BCUT2D eigenvalue weighted by atomic mass is 9.86. The number of hydrogen-bond acceptors (Lipinski definition) is 9. The predicted octanol–water partition coefficient (Wildman–Crippen LogP) is 7.07. The number of benzene rings is 3. The fraction of sp³-hybridized carbons (Fsp3) is 0.490. The minimum Gasteiger partial charge on any atom is -0.483 e. The van der Waals surface area contributed by atoms with Crippen molar-refractivity contribution in [2.45, 2.75) is 103 Å². The van der Waals surface area contributed by atoms with Gasteiger partial charge in [-0.1, -0.05) is 52.0 Å². The van der Waals surface area contributed by atoms with Crippen LogP contribution in [0.3, 0.4) is 0 Å². The van der Waals surface area contributed by atoms with Crippen molar-refractivity contribution >= 4 is 52.5 Å². The van der Waals surface area contributed by atoms with Gasteiger partial charge in [0, 0.05) is 46.1 Å². The van der Waals surface area contributed by atoms with Crippen molar-refractivity contribution in [3.05, 3.63) is 71.3 Å². The number of aromatic nitrogens is 4. The van der Waals surface area contributed by atoms with E-state index >= 15 is 0 Å². The van der Waals surface area contributed by atoms with Crippen LogP contribution >= 0.6 is 0 Å². The summed E-state index contributed by atoms with van der Waals surface area (Å²) in [7, 11) is 4.75. The number of imidazole rings is 2. The van der Waals surface area contributed by atoms with Crippen molar-refractivity contribution in [3.63, 3.8) is 0 Å². The average molecular weight is 877 g/mol. The number of Topliss-reactive ketones (excluding diaryl/α,β-unsaturated/α-hetero) is 1. The summed E-state index contributed by atoms with van der Waals surface area (Å²) in [4.78, 5) is 80.8. The second-order valence-corrected chi connectivity index (χ2v) is 17.8. The molecule has 9 rings (SSSR count). The number of nitrogens with zero attached hydrogens (tertiary/aromatic N) is 4. The van der Waals surface area contributed by atoms with E-state index in [0.717, 1.165) is 107 Å². The zero-order valence-corrected chi connectivity index (χ0v) is 38.1. The Kier molecular flexibility index (Phi) is 15.7. The maximum Gasteiger partial charge on any atom is 0.290 e. The quantitative estimate of drug-likeness (QED) is 0.0899. The summed E-state index contributed by atoms with van der Waals surface area (Å²) in [6, 6.07) is 16.3. The first-order chi connectivity index (χ1) is 30.9. The molecular weight excluding hydrogens is 813 g/mol. The van der Waals surface area contributed by atoms with Gasteiger partial charge in [-0.05, 0) is 121 Å². The number of amides is 3. The molecule has 1 saturated carbocycles. The van der Waals surface area contributed by atoms with E-state index in [-0.39, 0.29) is 42.2 Å². The highest BCUT2D eigenvalue weighted by Gasteiger charge is 2.44. The van der Waals surface area contributed by atoms with E-state index in [4.69, 9.17) is 19.9 Å². The predicted molar refractivity (Wildman–Crippen MR) is 247 cm³/mol. The number of ether oxygens (including phenoxy) is 1. The number of rotatable bonds is 10. The number of likely N-dealkylation sites (tertiary alicyclic amines) is 2. The molecule has 3 amide bonds. The van der Waals surface area contributed by atoms with Gasteiger partial charge in [0.1, 0.15) is 23.5 Å². The number of H-pyrrole nitrogens is 2. The summed E-state index contributed by atoms with van der Waals surface area (Å²) in [5.41, 5.74) is 14.8. The van der Waals surface area contributed by atoms with Crippen molar-refractivity contribution in [1.29, 1.82) is 0 Å². The van der Waals surface area contributed by atoms with Crippen LogP contribution in [0.1, 0.15) is 113 Å². The van der Waals surface area contributed by atoms with Crippen molar-refractivity contribution in [3.8, 4) is 22.3 Å². The number of carbonyl (C=O) groups is 5. The van der Waals surface area contributed by atoms with Crippen LogP contribution in [0.4, 0.5) is 0 Å². The second kappa shape index (κ2) is 21.2. The van der Waals surface area contributed by atoms with Gasteiger partial charge in [0.15, 0.2) is 0 Å². The molecule has 0 radical (unpaired) electrons. The molecule has 15 heteroatoms. The van der Waals surface area contributed by atoms with E-state index in [1.165, 1.54) is 12.6 Å². The number of hydrogen-bond donors (Lipinski definition) is 5. The summed E-state index contributed by atoms with van der Waals surface area (Å²) >= 11 is 0. The Morgan fingerprint density at radius 2 is 1.39 bits per heavy atom. The molecule has 2 aliphatic carbocycles. The second-order valence-electron chi connectivity index (χ2n) is 17.8. The standard InChI is InChI=1S/C45H51N7O4.C2H6O.CH5N.CH2O2/c1-24(2)19-39(55)51-17-5-7-36(51)43-47-33-15-10-27(22-35(33)49-43)30-13-12-29(31-20-28-11-16-38(54)40(28)41(30)31)26-9-14-32-34(21-26)50-44(48-32)37-8-6-18-52(37)45(56)42(25(3)4)46-23-53;1-3-2;1-2;2-1-3/h9-10,12-15,21-25,28,36-37,40,42H,5-8,11,16-20H2,1-4H3,(H,46,53)(H,47,49)(H,48,50);1-2H3;2H2,1H3;1H,(H,2,3)/t28?,36-,37?,40?,42?;;;/m0.../s1. The Bertz CT molecular complexity index is 2460. The normalized spacial score (nSPS) is 20.2. The third-order valence-corrected chi connectivity index (χ3v) is 12.8. The first-order valence-electron chi connectivity index (χ1n) is 22.5. The van der Waals surface area contributed by atoms with Gasteiger partial charge in [0.05, 0.1) is 34.2 Å². The largest absolute Gasteiger partial charge is 0.483 e. The molecule has 3 fully saturated rings. The first-order valence-corrected chi connectivity index (χ1v) is 22.5. The van der Waals surface area contributed by atoms with Gasteiger partial charge in [-0.3, -0.25) is 24.0 Å². The van der Waals surface area contributed by atoms with Crippen LogP contribution in [-0.2, 0) is 35.1 Å². The third kappa shape index (κ3) is 9.60. The lowest BCUT2D eigenvalue weighted by Gasteiger charge is -2.29. The molecule has 2 aliphatic heterocycles. The van der Waals surface area contributed by atoms with Crippen LogP contribution in [0, 0.1) is 17.8 Å². The van der Waals surface area contributed by atoms with Crippen LogP contribution in [0.5, 0.6) is 0 Å². The van der Waals surface area contributed by atoms with Crippen molar-refractivity contribution in [2.75, 3.05) is 34.4 Å². The number of ketones is 1. The fourth-order valence-electron chi connectivity index (χ4n) is 10.2. The molecule has 4 heterocycles. The topological polar surface area (TPSA) is 217 Å². The van der Waals surface area contributed by atoms with Crippen LogP contribution in [0.2, 0.25) is 0 Å². The van der Waals surface area contributed by atoms with E-state index < -0.39 is 6.04 Å². The number of methoxy groups -OCH3 is 1. The molecule has 2 saturated heterocycles. The molecule has 3 aromatic carbocycles. The molecule has 4 unspecified atom stereocenters. The number of nitrogens with one attached hydrogen (secondary N) is 3. The highest BCUT2D eigenvalue weighted by molar-refractivity contribution is 5.96. The SMILES string of the molecule is CC(C)CC(=O)N1CCC[C@H]1c1nc2ccc(-c3ccc(-c4ccc5nc(C6CCCN6C(=O)C(NC=O)C(C)C)[nH]c5c4)c4c3C3C(=O)CCC3C4)cc2[nH]1.CN.COC.O=CO. The molecule has 64 heavy (non-hydrogen) atoms. The smallest absolute Gasteiger partial charge is 0.290 e. The summed E-state index contributed by atoms with van der Waals surface area (Å²) in [5, 5.41) is 9.61. The van der Waals surface area contributed by atoms with Crippen molar-refractivity contribution in [2.24, 2.45) is 23.5 Å². The lowest BCUT2D eigenvalue weighted by molar-refractivity contribution is -0.137. The Labute approximate surface area is 374 Å². The first kappa shape index (κ1) is 47.5. The van der Waals surface area contributed by atoms with Gasteiger partial charge >= 0.3 is 0 Å². The molecule has 5 atom stereocenters. The Balaban J connectivity index is 0.000000797. The van der Waals surface area contributed by atoms with E-state index in [2.05, 4.69) is 82.1 Å². The minimum absolute atomic E-state index is 0.0308. The van der Waals surface area contributed by atoms with E-state index in [1.54, 1.807) is 14.2 Å². The number of nitrogens with two attached hydrogens (primary N) is 1. The molecule has 342 valence electrons. The van der Waals surface area contributed by atoms with E-state index in [1.807, 2.05) is 29.7 Å². The molecule has 0 spiro atoms. The van der Waals surface area contributed by atoms with E-state index in [9.17, 15) is 19.2 Å². The maximum absolute atomic E-state index is 13.6. The van der Waals surface area contributed by atoms with Crippen LogP contribution < -0.4 is 11.1 Å². The van der Waals surface area contributed by atoms with Gasteiger partial charge in [-0.15, -0.1) is 0 Å². The zero-order chi connectivity index (χ0) is 46.2. The van der Waals surface area contributed by atoms with Crippen molar-refractivity contribution in [1.82, 2.24) is 35.1 Å². The number of carboxylic acid groups (broad SMARTS) is 1. The summed E-state index contributed by atoms with van der Waals surface area (Å²) in [6.07, 6.45) is 7.11. The average Bonchev–Trinajstić information content (AvgIpc) is 4.14. The minimum atomic E-state index is -0.575. The molecule has 15 nitrogen and oxygen atoms in total. The Hall–Kier alpha value is -5.93. The Morgan fingerprint density at radius 3 is 1.94 bits per heavy atom. The number of carbonyl (C=O) groups excluding carboxylic acids is 4. The van der Waals surface area contributed by atoms with Gasteiger partial charge in [-0.2, -0.15) is 0 Å². The molecule has 6 N–H and O–H groups in total. The van der Waals surface area contributed by atoms with E-state index in [0.29, 0.717) is 43.4 Å². The molecule has 0 bridgehead atoms.